The summed E-state index contributed by atoms with van der Waals surface area (Å²) in [5.41, 5.74) is 7.54. The summed E-state index contributed by atoms with van der Waals surface area (Å²) >= 11 is 0. The lowest BCUT2D eigenvalue weighted by atomic mass is 10.0. The molecule has 0 amide bonds. The molecule has 4 aromatic heterocycles. The number of para-hydroxylation sites is 1. The Morgan fingerprint density at radius 3 is 1.64 bits per heavy atom. The highest BCUT2D eigenvalue weighted by Gasteiger charge is 2.22. The molecule has 4 heteroatoms. The molecule has 0 aliphatic rings. The average Bonchev–Trinajstić information content (AvgIpc) is 3.58. The summed E-state index contributed by atoms with van der Waals surface area (Å²) < 4.78 is 4.81. The third-order valence-corrected chi connectivity index (χ3v) is 9.07. The summed E-state index contributed by atoms with van der Waals surface area (Å²) in [6.07, 6.45) is 1.82. The Kier molecular flexibility index (Phi) is 4.69. The van der Waals surface area contributed by atoms with E-state index in [4.69, 9.17) is 4.98 Å². The zero-order valence-corrected chi connectivity index (χ0v) is 23.6. The maximum Gasteiger partial charge on any atom is 0.138 e. The molecule has 44 heavy (non-hydrogen) atoms. The average molecular weight is 561 g/mol. The lowest BCUT2D eigenvalue weighted by molar-refractivity contribution is 1.09. The van der Waals surface area contributed by atoms with Gasteiger partial charge in [0, 0.05) is 33.4 Å². The Hall–Kier alpha value is -6.00. The maximum absolute atomic E-state index is 5.20. The van der Waals surface area contributed by atoms with Crippen molar-refractivity contribution in [2.45, 2.75) is 0 Å². The summed E-state index contributed by atoms with van der Waals surface area (Å²) in [4.78, 5) is 9.75. The van der Waals surface area contributed by atoms with Gasteiger partial charge in [0.25, 0.3) is 0 Å². The van der Waals surface area contributed by atoms with Crippen molar-refractivity contribution >= 4 is 76.2 Å². The molecule has 204 valence electrons. The molecule has 0 N–H and O–H groups in total. The second-order valence-corrected chi connectivity index (χ2v) is 11.5. The van der Waals surface area contributed by atoms with Gasteiger partial charge in [0.05, 0.1) is 33.1 Å². The van der Waals surface area contributed by atoms with Gasteiger partial charge in [-0.25, -0.2) is 4.98 Å². The van der Waals surface area contributed by atoms with Crippen LogP contribution in [0.2, 0.25) is 0 Å². The molecule has 0 fully saturated rings. The van der Waals surface area contributed by atoms with Gasteiger partial charge < -0.3 is 4.57 Å². The van der Waals surface area contributed by atoms with E-state index in [0.29, 0.717) is 0 Å². The fraction of sp³-hybridized carbons (Fsp3) is 0. The first-order valence-electron chi connectivity index (χ1n) is 14.9. The fourth-order valence-electron chi connectivity index (χ4n) is 7.12. The second-order valence-electron chi connectivity index (χ2n) is 11.5. The van der Waals surface area contributed by atoms with E-state index in [1.165, 1.54) is 54.1 Å². The molecular weight excluding hydrogens is 536 g/mol. The SMILES string of the molecule is c1ccc(-n2c3cc4ccccc4cc3c3ccc4c5cc6ccccc6cc5n(-c5ccc6ncccc6n5)c4c32)cc1. The molecule has 0 saturated heterocycles. The van der Waals surface area contributed by atoms with E-state index < -0.39 is 0 Å². The third-order valence-electron chi connectivity index (χ3n) is 9.07. The van der Waals surface area contributed by atoms with Crippen LogP contribution in [0.1, 0.15) is 0 Å². The Bertz CT molecular complexity index is 2770. The van der Waals surface area contributed by atoms with Crippen LogP contribution in [0.4, 0.5) is 0 Å². The van der Waals surface area contributed by atoms with Crippen molar-refractivity contribution < 1.29 is 0 Å². The van der Waals surface area contributed by atoms with Crippen molar-refractivity contribution in [3.63, 3.8) is 0 Å². The van der Waals surface area contributed by atoms with Gasteiger partial charge >= 0.3 is 0 Å². The molecule has 0 saturated carbocycles. The highest BCUT2D eigenvalue weighted by Crippen LogP contribution is 2.43. The van der Waals surface area contributed by atoms with E-state index >= 15 is 0 Å². The van der Waals surface area contributed by atoms with Crippen LogP contribution >= 0.6 is 0 Å². The predicted octanol–water partition coefficient (Wildman–Crippen LogP) is 10.1. The van der Waals surface area contributed by atoms with Gasteiger partial charge in [-0.3, -0.25) is 9.55 Å². The van der Waals surface area contributed by atoms with Gasteiger partial charge in [-0.15, -0.1) is 0 Å². The van der Waals surface area contributed by atoms with Crippen LogP contribution in [-0.4, -0.2) is 19.1 Å². The predicted molar refractivity (Wildman–Crippen MR) is 183 cm³/mol. The first kappa shape index (κ1) is 23.6. The minimum absolute atomic E-state index is 0.878. The van der Waals surface area contributed by atoms with Crippen LogP contribution in [0.5, 0.6) is 0 Å². The van der Waals surface area contributed by atoms with E-state index in [2.05, 4.69) is 142 Å². The van der Waals surface area contributed by atoms with Crippen LogP contribution < -0.4 is 0 Å². The van der Waals surface area contributed by atoms with Crippen LogP contribution in [-0.2, 0) is 0 Å². The van der Waals surface area contributed by atoms with E-state index in [9.17, 15) is 0 Å². The monoisotopic (exact) mass is 560 g/mol. The number of fused-ring (bicyclic) bond motifs is 10. The lowest BCUT2D eigenvalue weighted by Gasteiger charge is -2.12. The van der Waals surface area contributed by atoms with Gasteiger partial charge in [-0.1, -0.05) is 78.9 Å². The zero-order valence-electron chi connectivity index (χ0n) is 23.6. The summed E-state index contributed by atoms with van der Waals surface area (Å²) in [6, 6.07) is 50.1. The van der Waals surface area contributed by atoms with Gasteiger partial charge in [0.2, 0.25) is 0 Å². The summed E-state index contributed by atoms with van der Waals surface area (Å²) in [6.45, 7) is 0. The zero-order chi connectivity index (χ0) is 28.8. The first-order chi connectivity index (χ1) is 21.8. The number of hydrogen-bond donors (Lipinski definition) is 0. The van der Waals surface area contributed by atoms with Crippen molar-refractivity contribution in [1.29, 1.82) is 0 Å². The topological polar surface area (TPSA) is 35.6 Å². The van der Waals surface area contributed by atoms with E-state index in [-0.39, 0.29) is 0 Å². The van der Waals surface area contributed by atoms with Gasteiger partial charge in [0.1, 0.15) is 5.82 Å². The highest BCUT2D eigenvalue weighted by molar-refractivity contribution is 6.25. The number of rotatable bonds is 2. The molecule has 0 aliphatic carbocycles. The van der Waals surface area contributed by atoms with Crippen molar-refractivity contribution in [1.82, 2.24) is 19.1 Å². The molecular formula is C40H24N4. The van der Waals surface area contributed by atoms with Crippen molar-refractivity contribution in [2.24, 2.45) is 0 Å². The second kappa shape index (κ2) is 8.76. The van der Waals surface area contributed by atoms with Crippen LogP contribution in [0.15, 0.2) is 146 Å². The van der Waals surface area contributed by atoms with E-state index in [1.54, 1.807) is 0 Å². The number of aromatic nitrogens is 4. The van der Waals surface area contributed by atoms with Crippen LogP contribution in [0.25, 0.3) is 87.7 Å². The van der Waals surface area contributed by atoms with Crippen molar-refractivity contribution in [2.75, 3.05) is 0 Å². The Morgan fingerprint density at radius 2 is 0.977 bits per heavy atom. The summed E-state index contributed by atoms with van der Waals surface area (Å²) in [5.74, 6) is 0.878. The van der Waals surface area contributed by atoms with Gasteiger partial charge in [-0.05, 0) is 82.2 Å². The van der Waals surface area contributed by atoms with Crippen LogP contribution in [0.3, 0.4) is 0 Å². The Labute approximate surface area is 252 Å². The highest BCUT2D eigenvalue weighted by atomic mass is 15.1. The molecule has 0 aliphatic heterocycles. The lowest BCUT2D eigenvalue weighted by Crippen LogP contribution is -2.01. The van der Waals surface area contributed by atoms with Crippen LogP contribution in [0, 0.1) is 0 Å². The molecule has 0 radical (unpaired) electrons. The third kappa shape index (κ3) is 3.22. The number of nitrogens with zero attached hydrogens (tertiary/aromatic N) is 4. The minimum Gasteiger partial charge on any atom is -0.307 e. The van der Waals surface area contributed by atoms with Crippen molar-refractivity contribution in [3.8, 4) is 11.5 Å². The molecule has 10 rings (SSSR count). The Morgan fingerprint density at radius 1 is 0.409 bits per heavy atom. The molecule has 0 atom stereocenters. The number of benzene rings is 6. The van der Waals surface area contributed by atoms with Gasteiger partial charge in [-0.2, -0.15) is 0 Å². The molecule has 0 bridgehead atoms. The van der Waals surface area contributed by atoms with Crippen molar-refractivity contribution in [3.05, 3.63) is 146 Å². The largest absolute Gasteiger partial charge is 0.307 e. The molecule has 10 aromatic rings. The molecule has 6 aromatic carbocycles. The standard InChI is InChI=1S/C40H24N4/c1-2-13-29(14-3-1)43-36-23-27-11-6-4-9-25(27)21-32(36)30-16-17-31-33-22-26-10-5-7-12-28(26)24-37(33)44(40(31)39(30)43)38-19-18-34-35(42-38)15-8-20-41-34/h1-24H. The Balaban J connectivity index is 1.48. The number of hydrogen-bond acceptors (Lipinski definition) is 2. The van der Waals surface area contributed by atoms with Gasteiger partial charge in [0.15, 0.2) is 0 Å². The minimum atomic E-state index is 0.878. The van der Waals surface area contributed by atoms with E-state index in [1.807, 2.05) is 18.3 Å². The quantitative estimate of drug-likeness (QED) is 0.211. The normalized spacial score (nSPS) is 12.1. The first-order valence-corrected chi connectivity index (χ1v) is 14.9. The summed E-state index contributed by atoms with van der Waals surface area (Å²) in [5, 5.41) is 9.77. The summed E-state index contributed by atoms with van der Waals surface area (Å²) in [7, 11) is 0. The molecule has 0 spiro atoms. The number of pyridine rings is 2. The molecule has 4 heterocycles. The van der Waals surface area contributed by atoms with E-state index in [0.717, 1.165) is 33.6 Å². The fourth-order valence-corrected chi connectivity index (χ4v) is 7.12. The smallest absolute Gasteiger partial charge is 0.138 e. The molecule has 4 nitrogen and oxygen atoms in total. The molecule has 0 unspecified atom stereocenters. The maximum atomic E-state index is 5.20.